The minimum Gasteiger partial charge on any atom is -0.480 e. The number of hydrogen-bond donors (Lipinski definition) is 1. The molecule has 6 nitrogen and oxygen atoms in total. The molecule has 6 heteroatoms. The minimum atomic E-state index is -0.927. The number of para-hydroxylation sites is 1. The van der Waals surface area contributed by atoms with E-state index in [0.29, 0.717) is 19.5 Å². The smallest absolute Gasteiger partial charge is 0.326 e. The van der Waals surface area contributed by atoms with E-state index in [-0.39, 0.29) is 12.5 Å². The topological polar surface area (TPSA) is 73.7 Å². The molecule has 1 saturated heterocycles. The number of nitrogens with zero attached hydrogens (tertiary/aromatic N) is 3. The molecular formula is C19H21N3O3. The number of hydrogen-bond acceptors (Lipinski definition) is 4. The molecule has 3 rings (SSSR count). The van der Waals surface area contributed by atoms with Crippen LogP contribution in [0, 0.1) is 0 Å². The highest BCUT2D eigenvalue weighted by atomic mass is 16.4. The third-order valence-electron chi connectivity index (χ3n) is 4.40. The Kier molecular flexibility index (Phi) is 5.28. The summed E-state index contributed by atoms with van der Waals surface area (Å²) in [6.07, 6.45) is 4.74. The monoisotopic (exact) mass is 339 g/mol. The van der Waals surface area contributed by atoms with Crippen molar-refractivity contribution in [2.45, 2.75) is 25.4 Å². The molecule has 0 radical (unpaired) electrons. The lowest BCUT2D eigenvalue weighted by Crippen LogP contribution is -2.45. The van der Waals surface area contributed by atoms with Crippen LogP contribution in [-0.4, -0.2) is 46.0 Å². The van der Waals surface area contributed by atoms with Crippen molar-refractivity contribution in [2.75, 3.05) is 18.0 Å². The van der Waals surface area contributed by atoms with Crippen molar-refractivity contribution in [3.8, 4) is 0 Å². The number of carboxylic acids is 1. The lowest BCUT2D eigenvalue weighted by Gasteiger charge is -2.28. The Morgan fingerprint density at radius 2 is 2.00 bits per heavy atom. The third-order valence-corrected chi connectivity index (χ3v) is 4.40. The van der Waals surface area contributed by atoms with E-state index >= 15 is 0 Å². The molecule has 0 spiro atoms. The first-order valence-corrected chi connectivity index (χ1v) is 8.36. The average molecular weight is 339 g/mol. The Morgan fingerprint density at radius 1 is 1.20 bits per heavy atom. The van der Waals surface area contributed by atoms with Gasteiger partial charge < -0.3 is 14.9 Å². The van der Waals surface area contributed by atoms with Crippen LogP contribution in [0.1, 0.15) is 18.4 Å². The summed E-state index contributed by atoms with van der Waals surface area (Å²) in [6, 6.07) is 12.8. The van der Waals surface area contributed by atoms with Crippen LogP contribution >= 0.6 is 0 Å². The first kappa shape index (κ1) is 17.0. The second kappa shape index (κ2) is 7.79. The lowest BCUT2D eigenvalue weighted by atomic mass is 10.2. The van der Waals surface area contributed by atoms with Crippen molar-refractivity contribution < 1.29 is 14.7 Å². The number of rotatable bonds is 6. The molecule has 1 aliphatic heterocycles. The van der Waals surface area contributed by atoms with Crippen molar-refractivity contribution in [2.24, 2.45) is 0 Å². The van der Waals surface area contributed by atoms with Crippen molar-refractivity contribution in [3.05, 3.63) is 60.4 Å². The van der Waals surface area contributed by atoms with E-state index in [2.05, 4.69) is 4.98 Å². The SMILES string of the molecule is O=C(O)[C@@H]1CCCN1C(=O)CN(Cc1cccnc1)c1ccccc1. The van der Waals surface area contributed by atoms with Gasteiger partial charge in [0.1, 0.15) is 6.04 Å². The van der Waals surface area contributed by atoms with Gasteiger partial charge in [0.05, 0.1) is 6.54 Å². The maximum Gasteiger partial charge on any atom is 0.326 e. The van der Waals surface area contributed by atoms with Gasteiger partial charge in [0.25, 0.3) is 0 Å². The van der Waals surface area contributed by atoms with Crippen LogP contribution in [0.15, 0.2) is 54.9 Å². The summed E-state index contributed by atoms with van der Waals surface area (Å²) in [7, 11) is 0. The Morgan fingerprint density at radius 3 is 2.68 bits per heavy atom. The molecule has 2 heterocycles. The maximum atomic E-state index is 12.7. The Bertz CT molecular complexity index is 721. The third kappa shape index (κ3) is 4.15. The summed E-state index contributed by atoms with van der Waals surface area (Å²) >= 11 is 0. The molecule has 1 aromatic heterocycles. The first-order chi connectivity index (χ1) is 12.1. The van der Waals surface area contributed by atoms with Crippen LogP contribution in [0.4, 0.5) is 5.69 Å². The Balaban J connectivity index is 1.78. The summed E-state index contributed by atoms with van der Waals surface area (Å²) in [5.41, 5.74) is 1.92. The zero-order chi connectivity index (χ0) is 17.6. The van der Waals surface area contributed by atoms with Crippen LogP contribution in [0.5, 0.6) is 0 Å². The molecule has 0 saturated carbocycles. The number of carboxylic acid groups (broad SMARTS) is 1. The number of likely N-dealkylation sites (tertiary alicyclic amines) is 1. The van der Waals surface area contributed by atoms with Gasteiger partial charge in [-0.1, -0.05) is 24.3 Å². The fourth-order valence-electron chi connectivity index (χ4n) is 3.17. The van der Waals surface area contributed by atoms with E-state index < -0.39 is 12.0 Å². The summed E-state index contributed by atoms with van der Waals surface area (Å²) in [6.45, 7) is 1.18. The molecule has 0 bridgehead atoms. The average Bonchev–Trinajstić information content (AvgIpc) is 3.13. The summed E-state index contributed by atoms with van der Waals surface area (Å²) in [5, 5.41) is 9.30. The van der Waals surface area contributed by atoms with Gasteiger partial charge in [-0.05, 0) is 36.6 Å². The fourth-order valence-corrected chi connectivity index (χ4v) is 3.17. The standard InChI is InChI=1S/C19H21N3O3/c23-18(22-11-5-9-17(22)19(24)25)14-21(16-7-2-1-3-8-16)13-15-6-4-10-20-12-15/h1-4,6-8,10,12,17H,5,9,11,13-14H2,(H,24,25)/t17-/m0/s1. The highest BCUT2D eigenvalue weighted by molar-refractivity contribution is 5.87. The number of aliphatic carboxylic acids is 1. The molecule has 1 amide bonds. The fraction of sp³-hybridized carbons (Fsp3) is 0.316. The molecule has 1 atom stereocenters. The molecule has 1 aromatic carbocycles. The number of benzene rings is 1. The number of carbonyl (C=O) groups excluding carboxylic acids is 1. The first-order valence-electron chi connectivity index (χ1n) is 8.36. The van der Waals surface area contributed by atoms with E-state index in [1.807, 2.05) is 47.4 Å². The van der Waals surface area contributed by atoms with E-state index in [1.165, 1.54) is 4.90 Å². The number of carbonyl (C=O) groups is 2. The predicted octanol–water partition coefficient (Wildman–Crippen LogP) is 2.16. The van der Waals surface area contributed by atoms with Crippen LogP contribution in [-0.2, 0) is 16.1 Å². The molecule has 0 unspecified atom stereocenters. The molecule has 0 aliphatic carbocycles. The molecular weight excluding hydrogens is 318 g/mol. The largest absolute Gasteiger partial charge is 0.480 e. The van der Waals surface area contributed by atoms with Gasteiger partial charge in [-0.2, -0.15) is 0 Å². The maximum absolute atomic E-state index is 12.7. The van der Waals surface area contributed by atoms with Gasteiger partial charge in [-0.15, -0.1) is 0 Å². The van der Waals surface area contributed by atoms with Gasteiger partial charge in [0.2, 0.25) is 5.91 Å². The number of amides is 1. The quantitative estimate of drug-likeness (QED) is 0.873. The zero-order valence-electron chi connectivity index (χ0n) is 13.9. The molecule has 1 fully saturated rings. The van der Waals surface area contributed by atoms with E-state index in [4.69, 9.17) is 0 Å². The van der Waals surface area contributed by atoms with Gasteiger partial charge >= 0.3 is 5.97 Å². The summed E-state index contributed by atoms with van der Waals surface area (Å²) < 4.78 is 0. The van der Waals surface area contributed by atoms with E-state index in [1.54, 1.807) is 12.4 Å². The second-order valence-corrected chi connectivity index (χ2v) is 6.14. The van der Waals surface area contributed by atoms with Crippen molar-refractivity contribution in [1.29, 1.82) is 0 Å². The molecule has 130 valence electrons. The highest BCUT2D eigenvalue weighted by Gasteiger charge is 2.34. The van der Waals surface area contributed by atoms with Gasteiger partial charge in [0.15, 0.2) is 0 Å². The zero-order valence-corrected chi connectivity index (χ0v) is 13.9. The van der Waals surface area contributed by atoms with Gasteiger partial charge in [-0.3, -0.25) is 9.78 Å². The molecule has 2 aromatic rings. The number of pyridine rings is 1. The Hall–Kier alpha value is -2.89. The van der Waals surface area contributed by atoms with Crippen LogP contribution < -0.4 is 4.90 Å². The number of anilines is 1. The highest BCUT2D eigenvalue weighted by Crippen LogP contribution is 2.21. The molecule has 25 heavy (non-hydrogen) atoms. The van der Waals surface area contributed by atoms with Crippen molar-refractivity contribution in [1.82, 2.24) is 9.88 Å². The molecule has 1 N–H and O–H groups in total. The Labute approximate surface area is 146 Å². The van der Waals surface area contributed by atoms with Gasteiger partial charge in [0, 0.05) is 31.2 Å². The lowest BCUT2D eigenvalue weighted by molar-refractivity contribution is -0.147. The molecule has 1 aliphatic rings. The van der Waals surface area contributed by atoms with Crippen LogP contribution in [0.25, 0.3) is 0 Å². The predicted molar refractivity (Wildman–Crippen MR) is 94.1 cm³/mol. The van der Waals surface area contributed by atoms with Gasteiger partial charge in [-0.25, -0.2) is 4.79 Å². The normalized spacial score (nSPS) is 16.6. The second-order valence-electron chi connectivity index (χ2n) is 6.14. The van der Waals surface area contributed by atoms with Crippen LogP contribution in [0.3, 0.4) is 0 Å². The van der Waals surface area contributed by atoms with E-state index in [0.717, 1.165) is 17.7 Å². The van der Waals surface area contributed by atoms with E-state index in [9.17, 15) is 14.7 Å². The summed E-state index contributed by atoms with van der Waals surface area (Å²) in [5.74, 6) is -1.08. The van der Waals surface area contributed by atoms with Crippen molar-refractivity contribution >= 4 is 17.6 Å². The number of aromatic nitrogens is 1. The summed E-state index contributed by atoms with van der Waals surface area (Å²) in [4.78, 5) is 31.7. The van der Waals surface area contributed by atoms with Crippen LogP contribution in [0.2, 0.25) is 0 Å². The minimum absolute atomic E-state index is 0.142. The van der Waals surface area contributed by atoms with Crippen molar-refractivity contribution in [3.63, 3.8) is 0 Å².